The first-order valence-corrected chi connectivity index (χ1v) is 7.76. The van der Waals surface area contributed by atoms with Crippen molar-refractivity contribution in [3.05, 3.63) is 84.4 Å². The van der Waals surface area contributed by atoms with Crippen LogP contribution in [0.4, 0.5) is 0 Å². The predicted molar refractivity (Wildman–Crippen MR) is 93.5 cm³/mol. The van der Waals surface area contributed by atoms with Gasteiger partial charge < -0.3 is 10.1 Å². The molecular weight excluding hydrogens is 302 g/mol. The molecular formula is C20H21NO3. The molecule has 1 N–H and O–H groups in total. The molecule has 0 radical (unpaired) electrons. The van der Waals surface area contributed by atoms with E-state index in [0.717, 1.165) is 11.1 Å². The zero-order valence-electron chi connectivity index (χ0n) is 13.6. The van der Waals surface area contributed by atoms with Crippen molar-refractivity contribution in [2.75, 3.05) is 7.11 Å². The number of nitrogens with one attached hydrogen (secondary N) is 1. The average molecular weight is 323 g/mol. The maximum Gasteiger partial charge on any atom is 0.328 e. The average Bonchev–Trinajstić information content (AvgIpc) is 2.62. The second kappa shape index (κ2) is 8.67. The van der Waals surface area contributed by atoms with E-state index < -0.39 is 17.9 Å². The number of benzene rings is 2. The van der Waals surface area contributed by atoms with Gasteiger partial charge in [0.25, 0.3) is 0 Å². The lowest BCUT2D eigenvalue weighted by Gasteiger charge is -2.21. The number of hydrogen-bond donors (Lipinski definition) is 1. The first-order valence-electron chi connectivity index (χ1n) is 7.76. The number of methoxy groups -OCH3 is 1. The van der Waals surface area contributed by atoms with Gasteiger partial charge in [-0.25, -0.2) is 4.79 Å². The third kappa shape index (κ3) is 4.32. The van der Waals surface area contributed by atoms with Crippen molar-refractivity contribution in [3.63, 3.8) is 0 Å². The van der Waals surface area contributed by atoms with Crippen molar-refractivity contribution in [1.82, 2.24) is 5.32 Å². The van der Waals surface area contributed by atoms with Crippen LogP contribution >= 0.6 is 0 Å². The smallest absolute Gasteiger partial charge is 0.328 e. The van der Waals surface area contributed by atoms with Crippen LogP contribution in [0.2, 0.25) is 0 Å². The molecule has 124 valence electrons. The molecule has 0 heterocycles. The minimum atomic E-state index is -0.741. The van der Waals surface area contributed by atoms with Crippen LogP contribution in [0.5, 0.6) is 0 Å². The highest BCUT2D eigenvalue weighted by Crippen LogP contribution is 2.25. The lowest BCUT2D eigenvalue weighted by Crippen LogP contribution is -2.43. The van der Waals surface area contributed by atoms with Crippen LogP contribution in [0.1, 0.15) is 23.5 Å². The van der Waals surface area contributed by atoms with Gasteiger partial charge in [0.05, 0.1) is 13.0 Å². The van der Waals surface area contributed by atoms with Crippen LogP contribution < -0.4 is 5.32 Å². The van der Waals surface area contributed by atoms with Gasteiger partial charge in [-0.1, -0.05) is 66.7 Å². The molecule has 2 rings (SSSR count). The van der Waals surface area contributed by atoms with E-state index in [4.69, 9.17) is 4.74 Å². The lowest BCUT2D eigenvalue weighted by molar-refractivity contribution is -0.145. The molecule has 1 amide bonds. The Balaban J connectivity index is 2.31. The fourth-order valence-corrected chi connectivity index (χ4v) is 2.56. The highest BCUT2D eigenvalue weighted by Gasteiger charge is 2.27. The molecule has 0 saturated carbocycles. The quantitative estimate of drug-likeness (QED) is 0.629. The summed E-state index contributed by atoms with van der Waals surface area (Å²) < 4.78 is 4.76. The predicted octanol–water partition coefficient (Wildman–Crippen LogP) is 3.05. The molecule has 0 saturated heterocycles. The second-order valence-electron chi connectivity index (χ2n) is 5.36. The number of carbonyl (C=O) groups excluding carboxylic acids is 2. The molecule has 0 bridgehead atoms. The Kier molecular flexibility index (Phi) is 6.32. The SMILES string of the molecule is C=CC[C@@H](NC(=O)C(c1ccccc1)c1ccccc1)C(=O)OC. The van der Waals surface area contributed by atoms with Crippen molar-refractivity contribution >= 4 is 11.9 Å². The standard InChI is InChI=1S/C20H21NO3/c1-3-10-17(20(23)24-2)21-19(22)18(15-11-6-4-7-12-15)16-13-8-5-9-14-16/h3-9,11-14,17-18H,1,10H2,2H3,(H,21,22)/t17-/m1/s1. The third-order valence-corrected chi connectivity index (χ3v) is 3.73. The van der Waals surface area contributed by atoms with Gasteiger partial charge in [0.15, 0.2) is 0 Å². The molecule has 24 heavy (non-hydrogen) atoms. The van der Waals surface area contributed by atoms with Gasteiger partial charge in [-0.3, -0.25) is 4.79 Å². The zero-order chi connectivity index (χ0) is 17.4. The van der Waals surface area contributed by atoms with E-state index in [-0.39, 0.29) is 5.91 Å². The monoisotopic (exact) mass is 323 g/mol. The normalized spacial score (nSPS) is 11.6. The van der Waals surface area contributed by atoms with Crippen molar-refractivity contribution in [1.29, 1.82) is 0 Å². The minimum absolute atomic E-state index is 0.246. The minimum Gasteiger partial charge on any atom is -0.467 e. The molecule has 4 heteroatoms. The summed E-state index contributed by atoms with van der Waals surface area (Å²) in [6.45, 7) is 3.63. The highest BCUT2D eigenvalue weighted by atomic mass is 16.5. The molecule has 0 aliphatic rings. The van der Waals surface area contributed by atoms with Crippen molar-refractivity contribution in [2.45, 2.75) is 18.4 Å². The summed E-state index contributed by atoms with van der Waals surface area (Å²) in [7, 11) is 1.30. The third-order valence-electron chi connectivity index (χ3n) is 3.73. The molecule has 0 fully saturated rings. The zero-order valence-corrected chi connectivity index (χ0v) is 13.6. The Morgan fingerprint density at radius 3 is 1.96 bits per heavy atom. The largest absolute Gasteiger partial charge is 0.467 e. The van der Waals surface area contributed by atoms with Crippen LogP contribution in [-0.4, -0.2) is 25.0 Å². The fraction of sp³-hybridized carbons (Fsp3) is 0.200. The molecule has 0 spiro atoms. The topological polar surface area (TPSA) is 55.4 Å². The van der Waals surface area contributed by atoms with E-state index in [1.807, 2.05) is 60.7 Å². The highest BCUT2D eigenvalue weighted by molar-refractivity contribution is 5.91. The van der Waals surface area contributed by atoms with Crippen molar-refractivity contribution in [2.24, 2.45) is 0 Å². The van der Waals surface area contributed by atoms with Gasteiger partial charge in [0, 0.05) is 0 Å². The molecule has 0 aliphatic heterocycles. The van der Waals surface area contributed by atoms with E-state index >= 15 is 0 Å². The van der Waals surface area contributed by atoms with Gasteiger partial charge in [0.1, 0.15) is 6.04 Å². The van der Waals surface area contributed by atoms with Crippen LogP contribution in [0.3, 0.4) is 0 Å². The molecule has 1 atom stereocenters. The number of amides is 1. The van der Waals surface area contributed by atoms with Gasteiger partial charge in [-0.2, -0.15) is 0 Å². The Hall–Kier alpha value is -2.88. The van der Waals surface area contributed by atoms with E-state index in [9.17, 15) is 9.59 Å². The Bertz CT molecular complexity index is 643. The summed E-state index contributed by atoms with van der Waals surface area (Å²) in [6, 6.07) is 18.2. The van der Waals surface area contributed by atoms with Crippen LogP contribution in [0.25, 0.3) is 0 Å². The maximum atomic E-state index is 12.9. The molecule has 4 nitrogen and oxygen atoms in total. The summed E-state index contributed by atoms with van der Waals surface area (Å²) in [6.07, 6.45) is 1.90. The van der Waals surface area contributed by atoms with Gasteiger partial charge in [-0.15, -0.1) is 6.58 Å². The maximum absolute atomic E-state index is 12.9. The van der Waals surface area contributed by atoms with E-state index in [0.29, 0.717) is 6.42 Å². The van der Waals surface area contributed by atoms with Gasteiger partial charge in [-0.05, 0) is 17.5 Å². The van der Waals surface area contributed by atoms with Crippen LogP contribution in [0.15, 0.2) is 73.3 Å². The van der Waals surface area contributed by atoms with Crippen LogP contribution in [0, 0.1) is 0 Å². The van der Waals surface area contributed by atoms with Gasteiger partial charge in [0.2, 0.25) is 5.91 Å². The first kappa shape index (κ1) is 17.5. The van der Waals surface area contributed by atoms with E-state index in [1.54, 1.807) is 6.08 Å². The van der Waals surface area contributed by atoms with Crippen molar-refractivity contribution in [3.8, 4) is 0 Å². The first-order chi connectivity index (χ1) is 11.7. The fourth-order valence-electron chi connectivity index (χ4n) is 2.56. The molecule has 0 unspecified atom stereocenters. The van der Waals surface area contributed by atoms with E-state index in [2.05, 4.69) is 11.9 Å². The van der Waals surface area contributed by atoms with Crippen LogP contribution in [-0.2, 0) is 14.3 Å². The Morgan fingerprint density at radius 2 is 1.54 bits per heavy atom. The molecule has 0 aromatic heterocycles. The van der Waals surface area contributed by atoms with E-state index in [1.165, 1.54) is 7.11 Å². The summed E-state index contributed by atoms with van der Waals surface area (Å²) in [5, 5.41) is 2.78. The Labute approximate surface area is 142 Å². The Morgan fingerprint density at radius 1 is 1.04 bits per heavy atom. The van der Waals surface area contributed by atoms with Crippen molar-refractivity contribution < 1.29 is 14.3 Å². The number of esters is 1. The molecule has 2 aromatic rings. The second-order valence-corrected chi connectivity index (χ2v) is 5.36. The number of ether oxygens (including phenoxy) is 1. The number of carbonyl (C=O) groups is 2. The van der Waals surface area contributed by atoms with Gasteiger partial charge >= 0.3 is 5.97 Å². The molecule has 0 aliphatic carbocycles. The number of rotatable bonds is 7. The molecule has 2 aromatic carbocycles. The summed E-state index contributed by atoms with van der Waals surface area (Å²) in [5.74, 6) is -1.22. The summed E-state index contributed by atoms with van der Waals surface area (Å²) in [4.78, 5) is 24.7. The lowest BCUT2D eigenvalue weighted by atomic mass is 9.90. The summed E-state index contributed by atoms with van der Waals surface area (Å²) >= 11 is 0. The summed E-state index contributed by atoms with van der Waals surface area (Å²) in [5.41, 5.74) is 1.73. The number of hydrogen-bond acceptors (Lipinski definition) is 3.